The molecular formula is C19H23N3OS. The van der Waals surface area contributed by atoms with Gasteiger partial charge in [0.25, 0.3) is 0 Å². The molecule has 4 heterocycles. The highest BCUT2D eigenvalue weighted by molar-refractivity contribution is 7.09. The largest absolute Gasteiger partial charge is 0.339 e. The standard InChI is InChI=1S/C19H23N3OS/c1-21-18(23)13-17(15-4-8-20-9-5-15)19(21)6-10-22(11-7-19)14-16-3-2-12-24-16/h2-5,8-9,12,17H,6-7,10-11,13-14H2,1H3/t17-/m0/s1. The Morgan fingerprint density at radius 1 is 1.25 bits per heavy atom. The van der Waals surface area contributed by atoms with Crippen molar-refractivity contribution in [1.29, 1.82) is 0 Å². The van der Waals surface area contributed by atoms with Crippen LogP contribution in [0.1, 0.15) is 35.6 Å². The summed E-state index contributed by atoms with van der Waals surface area (Å²) < 4.78 is 0. The van der Waals surface area contributed by atoms with Gasteiger partial charge in [-0.15, -0.1) is 11.3 Å². The number of nitrogens with zero attached hydrogens (tertiary/aromatic N) is 3. The van der Waals surface area contributed by atoms with E-state index in [-0.39, 0.29) is 11.4 Å². The van der Waals surface area contributed by atoms with Crippen LogP contribution in [0.2, 0.25) is 0 Å². The lowest BCUT2D eigenvalue weighted by atomic mass is 9.74. The molecule has 24 heavy (non-hydrogen) atoms. The fraction of sp³-hybridized carbons (Fsp3) is 0.474. The minimum Gasteiger partial charge on any atom is -0.339 e. The maximum absolute atomic E-state index is 12.5. The number of pyridine rings is 1. The van der Waals surface area contributed by atoms with Crippen molar-refractivity contribution in [1.82, 2.24) is 14.8 Å². The molecule has 1 spiro atoms. The lowest BCUT2D eigenvalue weighted by Crippen LogP contribution is -2.53. The third-order valence-electron chi connectivity index (χ3n) is 5.86. The first-order valence-corrected chi connectivity index (χ1v) is 9.48. The lowest BCUT2D eigenvalue weighted by molar-refractivity contribution is -0.130. The number of hydrogen-bond acceptors (Lipinski definition) is 4. The summed E-state index contributed by atoms with van der Waals surface area (Å²) in [4.78, 5) is 22.6. The van der Waals surface area contributed by atoms with Crippen LogP contribution >= 0.6 is 11.3 Å². The normalized spacial score (nSPS) is 24.0. The quantitative estimate of drug-likeness (QED) is 0.861. The fourth-order valence-corrected chi connectivity index (χ4v) is 5.16. The molecule has 4 rings (SSSR count). The number of carbonyl (C=O) groups excluding carboxylic acids is 1. The molecule has 5 heteroatoms. The average Bonchev–Trinajstić information content (AvgIpc) is 3.21. The second-order valence-electron chi connectivity index (χ2n) is 6.95. The molecule has 2 saturated heterocycles. The molecule has 2 fully saturated rings. The molecule has 1 amide bonds. The van der Waals surface area contributed by atoms with Crippen LogP contribution in [0, 0.1) is 0 Å². The fourth-order valence-electron chi connectivity index (χ4n) is 4.41. The molecule has 0 aromatic carbocycles. The highest BCUT2D eigenvalue weighted by Crippen LogP contribution is 2.48. The predicted octanol–water partition coefficient (Wildman–Crippen LogP) is 3.12. The summed E-state index contributed by atoms with van der Waals surface area (Å²) >= 11 is 1.83. The van der Waals surface area contributed by atoms with Gasteiger partial charge in [0, 0.05) is 56.3 Å². The smallest absolute Gasteiger partial charge is 0.223 e. The minimum atomic E-state index is -0.0234. The number of carbonyl (C=O) groups is 1. The first-order chi connectivity index (χ1) is 11.7. The Kier molecular flexibility index (Phi) is 4.14. The predicted molar refractivity (Wildman–Crippen MR) is 95.9 cm³/mol. The number of aromatic nitrogens is 1. The van der Waals surface area contributed by atoms with E-state index in [1.54, 1.807) is 0 Å². The number of likely N-dealkylation sites (N-methyl/N-ethyl adjacent to an activating group) is 1. The Bertz CT molecular complexity index is 693. The van der Waals surface area contributed by atoms with Crippen LogP contribution in [0.4, 0.5) is 0 Å². The van der Waals surface area contributed by atoms with Crippen LogP contribution in [0.3, 0.4) is 0 Å². The van der Waals surface area contributed by atoms with Crippen molar-refractivity contribution in [3.63, 3.8) is 0 Å². The van der Waals surface area contributed by atoms with Crippen molar-refractivity contribution in [3.8, 4) is 0 Å². The maximum Gasteiger partial charge on any atom is 0.223 e. The monoisotopic (exact) mass is 341 g/mol. The van der Waals surface area contributed by atoms with Crippen molar-refractivity contribution in [3.05, 3.63) is 52.5 Å². The zero-order valence-electron chi connectivity index (χ0n) is 14.0. The molecule has 2 aromatic rings. The van der Waals surface area contributed by atoms with Crippen LogP contribution in [0.5, 0.6) is 0 Å². The summed E-state index contributed by atoms with van der Waals surface area (Å²) in [5, 5.41) is 2.14. The number of piperidine rings is 1. The van der Waals surface area contributed by atoms with Crippen LogP contribution in [0.15, 0.2) is 42.0 Å². The molecule has 0 aliphatic carbocycles. The summed E-state index contributed by atoms with van der Waals surface area (Å²) in [6.45, 7) is 3.14. The van der Waals surface area contributed by atoms with Gasteiger partial charge in [0.05, 0.1) is 5.54 Å². The summed E-state index contributed by atoms with van der Waals surface area (Å²) in [7, 11) is 2.00. The van der Waals surface area contributed by atoms with Gasteiger partial charge < -0.3 is 4.90 Å². The van der Waals surface area contributed by atoms with E-state index in [0.29, 0.717) is 12.3 Å². The minimum absolute atomic E-state index is 0.0234. The Morgan fingerprint density at radius 2 is 2.00 bits per heavy atom. The molecular weight excluding hydrogens is 318 g/mol. The second-order valence-corrected chi connectivity index (χ2v) is 7.98. The van der Waals surface area contributed by atoms with Crippen molar-refractivity contribution in [2.45, 2.75) is 37.3 Å². The van der Waals surface area contributed by atoms with Crippen molar-refractivity contribution in [2.24, 2.45) is 0 Å². The number of hydrogen-bond donors (Lipinski definition) is 0. The Morgan fingerprint density at radius 3 is 2.67 bits per heavy atom. The van der Waals surface area contributed by atoms with Gasteiger partial charge in [-0.1, -0.05) is 6.07 Å². The maximum atomic E-state index is 12.5. The Labute approximate surface area is 147 Å². The van der Waals surface area contributed by atoms with Crippen molar-refractivity contribution >= 4 is 17.2 Å². The molecule has 4 nitrogen and oxygen atoms in total. The zero-order chi connectivity index (χ0) is 16.6. The number of thiophene rings is 1. The van der Waals surface area contributed by atoms with E-state index in [2.05, 4.69) is 39.5 Å². The molecule has 0 unspecified atom stereocenters. The van der Waals surface area contributed by atoms with Gasteiger partial charge in [0.2, 0.25) is 5.91 Å². The van der Waals surface area contributed by atoms with Gasteiger partial charge in [-0.25, -0.2) is 0 Å². The molecule has 1 atom stereocenters. The van der Waals surface area contributed by atoms with E-state index in [9.17, 15) is 4.79 Å². The van der Waals surface area contributed by atoms with Crippen LogP contribution in [-0.2, 0) is 11.3 Å². The SMILES string of the molecule is CN1C(=O)C[C@@H](c2ccncc2)C12CCN(Cc1cccs1)CC2. The van der Waals surface area contributed by atoms with Gasteiger partial charge in [0.1, 0.15) is 0 Å². The summed E-state index contributed by atoms with van der Waals surface area (Å²) in [5.41, 5.74) is 1.24. The van der Waals surface area contributed by atoms with E-state index in [1.807, 2.05) is 35.7 Å². The first-order valence-electron chi connectivity index (χ1n) is 8.60. The summed E-state index contributed by atoms with van der Waals surface area (Å²) in [6, 6.07) is 8.49. The van der Waals surface area contributed by atoms with E-state index in [1.165, 1.54) is 10.4 Å². The molecule has 0 radical (unpaired) electrons. The van der Waals surface area contributed by atoms with Gasteiger partial charge >= 0.3 is 0 Å². The van der Waals surface area contributed by atoms with E-state index >= 15 is 0 Å². The van der Waals surface area contributed by atoms with E-state index < -0.39 is 0 Å². The molecule has 126 valence electrons. The molecule has 0 saturated carbocycles. The third kappa shape index (κ3) is 2.66. The molecule has 2 aliphatic heterocycles. The number of likely N-dealkylation sites (tertiary alicyclic amines) is 2. The second kappa shape index (κ2) is 6.30. The van der Waals surface area contributed by atoms with Gasteiger partial charge in [-0.05, 0) is 42.0 Å². The highest BCUT2D eigenvalue weighted by Gasteiger charge is 2.52. The highest BCUT2D eigenvalue weighted by atomic mass is 32.1. The molecule has 2 aromatic heterocycles. The van der Waals surface area contributed by atoms with E-state index in [0.717, 1.165) is 32.5 Å². The van der Waals surface area contributed by atoms with Crippen molar-refractivity contribution in [2.75, 3.05) is 20.1 Å². The number of amides is 1. The van der Waals surface area contributed by atoms with Gasteiger partial charge in [-0.3, -0.25) is 14.7 Å². The summed E-state index contributed by atoms with van der Waals surface area (Å²) in [6.07, 6.45) is 6.42. The third-order valence-corrected chi connectivity index (χ3v) is 6.72. The van der Waals surface area contributed by atoms with Crippen LogP contribution in [0.25, 0.3) is 0 Å². The topological polar surface area (TPSA) is 36.4 Å². The lowest BCUT2D eigenvalue weighted by Gasteiger charge is -2.46. The molecule has 2 aliphatic rings. The Hall–Kier alpha value is -1.72. The van der Waals surface area contributed by atoms with Crippen molar-refractivity contribution < 1.29 is 4.79 Å². The first kappa shape index (κ1) is 15.8. The summed E-state index contributed by atoms with van der Waals surface area (Å²) in [5.74, 6) is 0.574. The van der Waals surface area contributed by atoms with Crippen LogP contribution in [-0.4, -0.2) is 46.4 Å². The van der Waals surface area contributed by atoms with E-state index in [4.69, 9.17) is 0 Å². The molecule has 0 N–H and O–H groups in total. The average molecular weight is 341 g/mol. The van der Waals surface area contributed by atoms with Gasteiger partial charge in [0.15, 0.2) is 0 Å². The number of rotatable bonds is 3. The van der Waals surface area contributed by atoms with Gasteiger partial charge in [-0.2, -0.15) is 0 Å². The Balaban J connectivity index is 1.53. The zero-order valence-corrected chi connectivity index (χ0v) is 14.8. The molecule has 0 bridgehead atoms. The van der Waals surface area contributed by atoms with Crippen LogP contribution < -0.4 is 0 Å².